The number of fused-ring (bicyclic) bond motifs is 3. The molecule has 0 spiro atoms. The summed E-state index contributed by atoms with van der Waals surface area (Å²) in [6.07, 6.45) is 6.11. The molecule has 1 aromatic heterocycles. The lowest BCUT2D eigenvalue weighted by atomic mass is 9.93. The minimum atomic E-state index is -0.338. The van der Waals surface area contributed by atoms with E-state index in [1.807, 2.05) is 24.3 Å². The zero-order valence-electron chi connectivity index (χ0n) is 30.5. The van der Waals surface area contributed by atoms with Crippen LogP contribution in [0.1, 0.15) is 63.9 Å². The Hall–Kier alpha value is -4.61. The van der Waals surface area contributed by atoms with Crippen molar-refractivity contribution in [3.05, 3.63) is 118 Å². The lowest BCUT2D eigenvalue weighted by molar-refractivity contribution is 0.0000384. The Kier molecular flexibility index (Phi) is 12.9. The number of nitrogens with zero attached hydrogens (tertiary/aromatic N) is 2. The van der Waals surface area contributed by atoms with Gasteiger partial charge in [0.25, 0.3) is 5.91 Å². The maximum atomic E-state index is 12.8. The Morgan fingerprint density at radius 2 is 1.83 bits per heavy atom. The minimum absolute atomic E-state index is 0.0524. The number of hydrogen-bond donors (Lipinski definition) is 4. The van der Waals surface area contributed by atoms with Crippen molar-refractivity contribution in [2.24, 2.45) is 0 Å². The molecule has 6 rings (SSSR count). The second-order valence-corrected chi connectivity index (χ2v) is 14.3. The fourth-order valence-electron chi connectivity index (χ4n) is 6.75. The first kappa shape index (κ1) is 38.1. The van der Waals surface area contributed by atoms with E-state index in [0.29, 0.717) is 48.2 Å². The molecular formula is C42H49ClN4O6. The molecule has 10 nitrogen and oxygen atoms in total. The molecule has 0 saturated carbocycles. The Balaban J connectivity index is 1.19. The Bertz CT molecular complexity index is 1910. The molecule has 11 heteroatoms. The fraction of sp³-hybridized carbons (Fsp3) is 0.381. The number of β-amino-alcohol motifs (C(OH)–C–C–N with tert-alkyl or cyclic N) is 1. The van der Waals surface area contributed by atoms with Crippen LogP contribution in [0.5, 0.6) is 17.2 Å². The lowest BCUT2D eigenvalue weighted by Crippen LogP contribution is -2.50. The number of hydrogen-bond acceptors (Lipinski definition) is 9. The lowest BCUT2D eigenvalue weighted by Gasteiger charge is -2.35. The van der Waals surface area contributed by atoms with Gasteiger partial charge < -0.3 is 35.1 Å². The molecule has 2 aliphatic heterocycles. The quantitative estimate of drug-likeness (QED) is 0.0999. The Morgan fingerprint density at radius 3 is 2.62 bits per heavy atom. The second kappa shape index (κ2) is 17.9. The number of carbonyl (C=O) groups excluding carboxylic acids is 1. The maximum Gasteiger partial charge on any atom is 0.252 e. The Labute approximate surface area is 316 Å². The van der Waals surface area contributed by atoms with Gasteiger partial charge in [-0.3, -0.25) is 14.7 Å². The third-order valence-electron chi connectivity index (χ3n) is 9.93. The summed E-state index contributed by atoms with van der Waals surface area (Å²) in [6.45, 7) is 12.3. The molecule has 4 N–H and O–H groups in total. The van der Waals surface area contributed by atoms with Gasteiger partial charge in [-0.05, 0) is 85.5 Å². The average Bonchev–Trinajstić information content (AvgIpc) is 3.13. The van der Waals surface area contributed by atoms with Crippen LogP contribution in [0.3, 0.4) is 0 Å². The summed E-state index contributed by atoms with van der Waals surface area (Å²) in [5.41, 5.74) is 7.39. The van der Waals surface area contributed by atoms with Crippen molar-refractivity contribution in [2.45, 2.75) is 71.4 Å². The van der Waals surface area contributed by atoms with E-state index in [1.54, 1.807) is 24.5 Å². The van der Waals surface area contributed by atoms with Crippen molar-refractivity contribution >= 4 is 17.5 Å². The van der Waals surface area contributed by atoms with Crippen LogP contribution in [0.2, 0.25) is 5.02 Å². The van der Waals surface area contributed by atoms with Crippen molar-refractivity contribution in [1.29, 1.82) is 0 Å². The molecule has 2 bridgehead atoms. The Morgan fingerprint density at radius 1 is 1.04 bits per heavy atom. The van der Waals surface area contributed by atoms with Crippen molar-refractivity contribution in [1.82, 2.24) is 20.5 Å². The molecule has 0 aliphatic carbocycles. The molecule has 280 valence electrons. The predicted molar refractivity (Wildman–Crippen MR) is 207 cm³/mol. The molecule has 2 aliphatic rings. The summed E-state index contributed by atoms with van der Waals surface area (Å²) in [5.74, 6) is 1.75. The average molecular weight is 741 g/mol. The summed E-state index contributed by atoms with van der Waals surface area (Å²) in [7, 11) is 0. The summed E-state index contributed by atoms with van der Waals surface area (Å²) < 4.78 is 18.9. The number of carbonyl (C=O) groups is 1. The number of benzene rings is 3. The van der Waals surface area contributed by atoms with Crippen molar-refractivity contribution in [2.75, 3.05) is 32.8 Å². The van der Waals surface area contributed by atoms with Gasteiger partial charge in [-0.15, -0.1) is 0 Å². The highest BCUT2D eigenvalue weighted by Crippen LogP contribution is 2.36. The van der Waals surface area contributed by atoms with E-state index in [4.69, 9.17) is 25.8 Å². The highest BCUT2D eigenvalue weighted by atomic mass is 35.5. The number of amides is 1. The zero-order valence-corrected chi connectivity index (χ0v) is 31.3. The number of likely N-dealkylation sites (tertiary alicyclic amines) is 1. The van der Waals surface area contributed by atoms with Gasteiger partial charge in [0.15, 0.2) is 0 Å². The smallest absolute Gasteiger partial charge is 0.252 e. The number of rotatable bonds is 10. The van der Waals surface area contributed by atoms with Gasteiger partial charge in [0.05, 0.1) is 29.3 Å². The van der Waals surface area contributed by atoms with Crippen LogP contribution < -0.4 is 24.8 Å². The molecule has 4 aromatic rings. The van der Waals surface area contributed by atoms with Crippen LogP contribution in [0, 0.1) is 13.8 Å². The third kappa shape index (κ3) is 9.88. The van der Waals surface area contributed by atoms with E-state index < -0.39 is 0 Å². The van der Waals surface area contributed by atoms with Gasteiger partial charge in [-0.1, -0.05) is 48.5 Å². The van der Waals surface area contributed by atoms with E-state index in [2.05, 4.69) is 59.1 Å². The summed E-state index contributed by atoms with van der Waals surface area (Å²) in [6, 6.07) is 17.4. The first-order valence-corrected chi connectivity index (χ1v) is 18.7. The molecule has 3 heterocycles. The normalized spacial score (nSPS) is 17.2. The third-order valence-corrected chi connectivity index (χ3v) is 10.2. The number of ether oxygens (including phenoxy) is 3. The van der Waals surface area contributed by atoms with Crippen LogP contribution >= 0.6 is 11.6 Å². The van der Waals surface area contributed by atoms with Crippen molar-refractivity contribution < 1.29 is 29.2 Å². The van der Waals surface area contributed by atoms with Gasteiger partial charge in [0.1, 0.15) is 36.2 Å². The van der Waals surface area contributed by atoms with Gasteiger partial charge in [-0.2, -0.15) is 0 Å². The number of aromatic nitrogens is 1. The summed E-state index contributed by atoms with van der Waals surface area (Å²) in [4.78, 5) is 19.2. The number of halogens is 1. The highest BCUT2D eigenvalue weighted by molar-refractivity contribution is 6.32. The topological polar surface area (TPSA) is 125 Å². The van der Waals surface area contributed by atoms with E-state index in [9.17, 15) is 15.0 Å². The first-order valence-electron chi connectivity index (χ1n) is 18.3. The molecule has 53 heavy (non-hydrogen) atoms. The zero-order chi connectivity index (χ0) is 37.3. The van der Waals surface area contributed by atoms with Crippen LogP contribution in [0.25, 0.3) is 11.1 Å². The standard InChI is InChI=1S/C42H49ClN4O6/c1-27-31(9-6-10-35(27)36-11-7-13-39(28(36)2)51-16-8-15-47-23-34(49)24-47)26-53-41-19-40-32(18-37(41)43)22-46-38(29(3)48)12-4-5-14-45-42(50)33-17-30(25-52-40)20-44-21-33/h6-7,9-11,13,17-21,34,38,46,48-49H,3-5,8,12,14-16,22-26H2,1-2H3,(H,45,50)/t38-/m0/s1. The molecule has 1 saturated heterocycles. The summed E-state index contributed by atoms with van der Waals surface area (Å²) >= 11 is 6.84. The molecular weight excluding hydrogens is 692 g/mol. The largest absolute Gasteiger partial charge is 0.511 e. The molecule has 3 aromatic carbocycles. The number of aliphatic hydroxyl groups is 2. The maximum absolute atomic E-state index is 12.8. The fourth-order valence-corrected chi connectivity index (χ4v) is 6.99. The van der Waals surface area contributed by atoms with E-state index >= 15 is 0 Å². The van der Waals surface area contributed by atoms with Crippen LogP contribution in [-0.4, -0.2) is 70.9 Å². The number of aliphatic hydroxyl groups excluding tert-OH is 2. The van der Waals surface area contributed by atoms with Gasteiger partial charge in [0.2, 0.25) is 0 Å². The summed E-state index contributed by atoms with van der Waals surface area (Å²) in [5, 5.41) is 26.6. The monoisotopic (exact) mass is 740 g/mol. The molecule has 0 unspecified atom stereocenters. The van der Waals surface area contributed by atoms with E-state index in [0.717, 1.165) is 83.6 Å². The molecule has 1 fully saturated rings. The second-order valence-electron chi connectivity index (χ2n) is 13.9. The van der Waals surface area contributed by atoms with Crippen LogP contribution in [0.4, 0.5) is 0 Å². The molecule has 1 atom stereocenters. The van der Waals surface area contributed by atoms with E-state index in [-0.39, 0.29) is 37.0 Å². The highest BCUT2D eigenvalue weighted by Gasteiger charge is 2.23. The molecule has 1 amide bonds. The minimum Gasteiger partial charge on any atom is -0.511 e. The van der Waals surface area contributed by atoms with Crippen LogP contribution in [0.15, 0.2) is 79.3 Å². The SMILES string of the molecule is C=C(O)[C@@H]1CCCCNC(=O)c2cncc(c2)COc2cc(OCc3cccc(-c4cccc(OCCCN5CC(O)C5)c4C)c3C)c(Cl)cc2CN1. The first-order chi connectivity index (χ1) is 25.7. The predicted octanol–water partition coefficient (Wildman–Crippen LogP) is 7.07. The van der Waals surface area contributed by atoms with Gasteiger partial charge >= 0.3 is 0 Å². The van der Waals surface area contributed by atoms with Gasteiger partial charge in [0, 0.05) is 62.3 Å². The van der Waals surface area contributed by atoms with Crippen LogP contribution in [-0.2, 0) is 19.8 Å². The van der Waals surface area contributed by atoms with Gasteiger partial charge in [-0.25, -0.2) is 0 Å². The number of nitrogens with one attached hydrogen (secondary N) is 2. The number of pyridine rings is 1. The van der Waals surface area contributed by atoms with Crippen molar-refractivity contribution in [3.8, 4) is 28.4 Å². The molecule has 0 radical (unpaired) electrons. The van der Waals surface area contributed by atoms with E-state index in [1.165, 1.54) is 0 Å². The van der Waals surface area contributed by atoms with Crippen molar-refractivity contribution in [3.63, 3.8) is 0 Å².